The number of nitrogens with zero attached hydrogens (tertiary/aromatic N) is 7. The number of azide groups is 1. The maximum Gasteiger partial charge on any atom is 0.358 e. The largest absolute Gasteiger partial charge is 0.482 e. The number of hydrogen-bond donors (Lipinski definition) is 0. The van der Waals surface area contributed by atoms with Crippen molar-refractivity contribution < 1.29 is 9.47 Å². The highest BCUT2D eigenvalue weighted by atomic mass is 127. The highest BCUT2D eigenvalue weighted by molar-refractivity contribution is 14.1. The molecule has 3 unspecified atom stereocenters. The van der Waals surface area contributed by atoms with Gasteiger partial charge in [-0.1, -0.05) is 52.6 Å². The van der Waals surface area contributed by atoms with Crippen LogP contribution in [0, 0.1) is 0 Å². The van der Waals surface area contributed by atoms with E-state index in [1.54, 1.807) is 55.0 Å². The number of hydrazone groups is 2. The molecule has 9 nitrogen and oxygen atoms in total. The van der Waals surface area contributed by atoms with Crippen molar-refractivity contribution in [3.8, 4) is 11.5 Å². The normalized spacial score (nSPS) is 15.2. The monoisotopic (exact) mass is 738 g/mol. The van der Waals surface area contributed by atoms with Gasteiger partial charge in [0.05, 0.1) is 23.6 Å². The maximum atomic E-state index is 8.65. The Labute approximate surface area is 260 Å². The van der Waals surface area contributed by atoms with Crippen LogP contribution in [0.4, 0.5) is 0 Å². The minimum absolute atomic E-state index is 0.592. The van der Waals surface area contributed by atoms with Gasteiger partial charge in [-0.3, -0.25) is 4.78 Å². The molecule has 0 aliphatic carbocycles. The van der Waals surface area contributed by atoms with Gasteiger partial charge in [-0.15, -0.1) is 9.88 Å². The molecule has 0 spiro atoms. The molecule has 0 aliphatic heterocycles. The van der Waals surface area contributed by atoms with Crippen molar-refractivity contribution in [3.63, 3.8) is 0 Å². The first-order valence-electron chi connectivity index (χ1n) is 11.8. The molecule has 210 valence electrons. The van der Waals surface area contributed by atoms with Gasteiger partial charge in [-0.25, -0.2) is 0 Å². The molecule has 0 amide bonds. The van der Waals surface area contributed by atoms with Crippen LogP contribution in [-0.2, 0) is 23.6 Å². The van der Waals surface area contributed by atoms with Crippen LogP contribution in [-0.4, -0.2) is 51.3 Å². The zero-order valence-corrected chi connectivity index (χ0v) is 28.9. The predicted molar refractivity (Wildman–Crippen MR) is 180 cm³/mol. The van der Waals surface area contributed by atoms with Crippen molar-refractivity contribution in [3.05, 3.63) is 70.1 Å². The Morgan fingerprint density at radius 1 is 1.03 bits per heavy atom. The minimum Gasteiger partial charge on any atom is -0.482 e. The molecule has 0 N–H and O–H groups in total. The van der Waals surface area contributed by atoms with Gasteiger partial charge in [0.15, 0.2) is 17.5 Å². The van der Waals surface area contributed by atoms with Crippen molar-refractivity contribution >= 4 is 82.3 Å². The summed E-state index contributed by atoms with van der Waals surface area (Å²) < 4.78 is 16.2. The molecule has 0 aliphatic rings. The fourth-order valence-electron chi connectivity index (χ4n) is 2.97. The fraction of sp³-hybridized carbons (Fsp3) is 0.417. The van der Waals surface area contributed by atoms with Gasteiger partial charge in [0.25, 0.3) is 5.34 Å². The van der Waals surface area contributed by atoms with E-state index >= 15 is 0 Å². The molecular formula is C24H32ClIN7O2P2S2+. The first-order valence-corrected chi connectivity index (χ1v) is 19.5. The summed E-state index contributed by atoms with van der Waals surface area (Å²) >= 11 is 19.9. The molecule has 0 radical (unpaired) electrons. The summed E-state index contributed by atoms with van der Waals surface area (Å²) in [5.74, 6) is 1.31. The lowest BCUT2D eigenvalue weighted by molar-refractivity contribution is 0.117. The highest BCUT2D eigenvalue weighted by Crippen LogP contribution is 2.55. The van der Waals surface area contributed by atoms with E-state index in [9.17, 15) is 0 Å². The van der Waals surface area contributed by atoms with E-state index in [1.807, 2.05) is 50.4 Å². The van der Waals surface area contributed by atoms with Crippen LogP contribution >= 0.6 is 46.2 Å². The third kappa shape index (κ3) is 10.4. The van der Waals surface area contributed by atoms with E-state index in [0.717, 1.165) is 11.1 Å². The topological polar surface area (TPSA) is 98.4 Å². The van der Waals surface area contributed by atoms with Crippen LogP contribution in [0.25, 0.3) is 10.4 Å². The molecule has 15 heteroatoms. The van der Waals surface area contributed by atoms with Crippen LogP contribution in [0.15, 0.2) is 63.8 Å². The van der Waals surface area contributed by atoms with E-state index < -0.39 is 23.5 Å². The summed E-state index contributed by atoms with van der Waals surface area (Å²) in [6, 6.07) is 15.0. The van der Waals surface area contributed by atoms with Crippen molar-refractivity contribution in [2.45, 2.75) is 45.2 Å². The molecule has 2 aromatic rings. The molecule has 0 bridgehead atoms. The van der Waals surface area contributed by atoms with Crippen LogP contribution < -0.4 is 9.47 Å². The van der Waals surface area contributed by atoms with Gasteiger partial charge < -0.3 is 9.47 Å². The standard InChI is InChI=1S/C24H32ClIN7O2P2S2/c1-7-24(4,35-22-14-10-20(11-15-22)17-29-33(6)37(25,39)18-26)36(38)32(5)28-16-19-8-12-21(13-9-19)34-23(2,3)30-31-27/h8-17H,7,18H2,1-6H3/q+1/b28-16+,29-17+. The first kappa shape index (κ1) is 33.7. The summed E-state index contributed by atoms with van der Waals surface area (Å²) in [7, 11) is 3.66. The van der Waals surface area contributed by atoms with Gasteiger partial charge in [0, 0.05) is 25.3 Å². The molecule has 0 aromatic heterocycles. The Balaban J connectivity index is 2.05. The summed E-state index contributed by atoms with van der Waals surface area (Å²) in [5, 5.41) is 12.0. The van der Waals surface area contributed by atoms with Crippen molar-refractivity contribution in [2.24, 2.45) is 15.3 Å². The number of halogens is 2. The van der Waals surface area contributed by atoms with Crippen LogP contribution in [0.2, 0.25) is 0 Å². The molecule has 2 aromatic carbocycles. The second-order valence-corrected chi connectivity index (χ2v) is 20.3. The predicted octanol–water partition coefficient (Wildman–Crippen LogP) is 8.65. The third-order valence-corrected chi connectivity index (χ3v) is 18.1. The molecule has 2 rings (SSSR count). The summed E-state index contributed by atoms with van der Waals surface area (Å²) in [5.41, 5.74) is 7.32. The number of benzene rings is 2. The van der Waals surface area contributed by atoms with Crippen molar-refractivity contribution in [1.82, 2.24) is 9.56 Å². The number of ether oxygens (including phenoxy) is 2. The fourth-order valence-corrected chi connectivity index (χ4v) is 6.73. The van der Waals surface area contributed by atoms with Gasteiger partial charge in [0.2, 0.25) is 0 Å². The molecule has 0 heterocycles. The van der Waals surface area contributed by atoms with Gasteiger partial charge >= 0.3 is 6.85 Å². The Bertz CT molecular complexity index is 1290. The molecular weight excluding hydrogens is 707 g/mol. The van der Waals surface area contributed by atoms with E-state index in [-0.39, 0.29) is 0 Å². The van der Waals surface area contributed by atoms with Crippen LogP contribution in [0.5, 0.6) is 11.5 Å². The Kier molecular flexibility index (Phi) is 12.9. The Hall–Kier alpha value is -1.52. The highest BCUT2D eigenvalue weighted by Gasteiger charge is 2.45. The summed E-state index contributed by atoms with van der Waals surface area (Å²) in [6.45, 7) is 6.24. The number of alkyl halides is 1. The number of hydrogen-bond acceptors (Lipinski definition) is 7. The van der Waals surface area contributed by atoms with Gasteiger partial charge in [0.1, 0.15) is 17.0 Å². The second kappa shape index (κ2) is 14.9. The van der Waals surface area contributed by atoms with E-state index in [1.165, 1.54) is 0 Å². The molecule has 3 atom stereocenters. The van der Waals surface area contributed by atoms with E-state index in [2.05, 4.69) is 49.7 Å². The number of rotatable bonds is 14. The van der Waals surface area contributed by atoms with Crippen LogP contribution in [0.3, 0.4) is 0 Å². The molecule has 0 saturated heterocycles. The van der Waals surface area contributed by atoms with Gasteiger partial charge in [-0.05, 0) is 84.2 Å². The average molecular weight is 739 g/mol. The average Bonchev–Trinajstić information content (AvgIpc) is 2.91. The summed E-state index contributed by atoms with van der Waals surface area (Å²) in [4.78, 5) is 2.81. The zero-order valence-electron chi connectivity index (χ0n) is 22.6. The Morgan fingerprint density at radius 3 is 1.97 bits per heavy atom. The van der Waals surface area contributed by atoms with E-state index in [0.29, 0.717) is 22.1 Å². The lowest BCUT2D eigenvalue weighted by atomic mass is 10.2. The molecule has 0 saturated carbocycles. The van der Waals surface area contributed by atoms with Crippen LogP contribution in [0.1, 0.15) is 45.2 Å². The molecule has 0 fully saturated rings. The third-order valence-electron chi connectivity index (χ3n) is 5.40. The Morgan fingerprint density at radius 2 is 1.51 bits per heavy atom. The second-order valence-electron chi connectivity index (χ2n) is 8.98. The van der Waals surface area contributed by atoms with Crippen molar-refractivity contribution in [1.29, 1.82) is 0 Å². The minimum atomic E-state index is -2.14. The molecule has 39 heavy (non-hydrogen) atoms. The quantitative estimate of drug-likeness (QED) is 0.0281. The van der Waals surface area contributed by atoms with Crippen molar-refractivity contribution in [2.75, 3.05) is 18.3 Å². The zero-order chi connectivity index (χ0) is 29.3. The SMILES string of the molecule is CCC(C)(Oc1ccc(/C=N/N(C)P(=S)(Cl)CI)cc1)[P+](=S)N(C)/N=C/c1ccc(OC(C)(C)N=[N+]=[N-])cc1. The lowest BCUT2D eigenvalue weighted by Gasteiger charge is -2.23. The maximum absolute atomic E-state index is 8.65. The lowest BCUT2D eigenvalue weighted by Crippen LogP contribution is -2.30. The summed E-state index contributed by atoms with van der Waals surface area (Å²) in [6.07, 6.45) is 4.18. The smallest absolute Gasteiger partial charge is 0.358 e. The van der Waals surface area contributed by atoms with Gasteiger partial charge in [-0.2, -0.15) is 5.10 Å². The first-order chi connectivity index (χ1) is 18.2. The van der Waals surface area contributed by atoms with E-state index in [4.69, 9.17) is 49.9 Å².